The average Bonchev–Trinajstić information content (AvgIpc) is 3.17. The van der Waals surface area contributed by atoms with Gasteiger partial charge in [0.2, 0.25) is 0 Å². The molecule has 0 bridgehead atoms. The number of likely N-dealkylation sites (tertiary alicyclic amines) is 1. The summed E-state index contributed by atoms with van der Waals surface area (Å²) < 4.78 is 17.6. The number of benzene rings is 4. The van der Waals surface area contributed by atoms with Gasteiger partial charge in [-0.15, -0.1) is 0 Å². The zero-order valence-electron chi connectivity index (χ0n) is 30.7. The third kappa shape index (κ3) is 9.28. The summed E-state index contributed by atoms with van der Waals surface area (Å²) in [4.78, 5) is 45.8. The Morgan fingerprint density at radius 2 is 1.56 bits per heavy atom. The number of carbonyl (C=O) groups is 3. The van der Waals surface area contributed by atoms with Gasteiger partial charge in [0.25, 0.3) is 17.7 Å². The summed E-state index contributed by atoms with van der Waals surface area (Å²) in [5, 5.41) is 2.88. The van der Waals surface area contributed by atoms with Crippen LogP contribution in [0.5, 0.6) is 17.2 Å². The molecule has 3 N–H and O–H groups in total. The second-order valence-electron chi connectivity index (χ2n) is 13.2. The summed E-state index contributed by atoms with van der Waals surface area (Å²) in [6.45, 7) is 4.61. The van der Waals surface area contributed by atoms with Gasteiger partial charge >= 0.3 is 0 Å². The number of para-hydroxylation sites is 1. The Labute approximate surface area is 306 Å². The number of nitrogens with two attached hydrogens (primary N) is 1. The summed E-state index contributed by atoms with van der Waals surface area (Å²) in [6, 6.07) is 25.5. The van der Waals surface area contributed by atoms with Crippen LogP contribution >= 0.6 is 0 Å². The molecule has 52 heavy (non-hydrogen) atoms. The molecule has 3 amide bonds. The average molecular weight is 708 g/mol. The van der Waals surface area contributed by atoms with E-state index in [2.05, 4.69) is 24.3 Å². The van der Waals surface area contributed by atoms with Crippen LogP contribution in [0.1, 0.15) is 61.5 Å². The first-order chi connectivity index (χ1) is 25.1. The van der Waals surface area contributed by atoms with E-state index in [-0.39, 0.29) is 24.3 Å². The van der Waals surface area contributed by atoms with Gasteiger partial charge in [-0.2, -0.15) is 0 Å². The number of carbonyl (C=O) groups excluding carboxylic acids is 3. The van der Waals surface area contributed by atoms with Gasteiger partial charge in [-0.1, -0.05) is 30.3 Å². The van der Waals surface area contributed by atoms with Gasteiger partial charge in [-0.25, -0.2) is 0 Å². The standard InChI is InChI=1S/C41H49N5O6/c1-28-11-18-35(38(25-28)52-27-29-12-14-30(15-13-29)41(49)46-22-19-32(20-23-46)44(2)3)45(4)40(48)31-16-17-34(37(26-31)50-5)43-39(47)33-9-6-7-10-36(33)51-24-8-21-42/h6-7,9-18,25-26,32H,8,19-24,27,42H2,1-5H3,(H,43,47). The fourth-order valence-electron chi connectivity index (χ4n) is 6.15. The minimum absolute atomic E-state index is 0.0480. The Morgan fingerprint density at radius 1 is 0.846 bits per heavy atom. The van der Waals surface area contributed by atoms with Crippen molar-refractivity contribution in [2.24, 2.45) is 5.73 Å². The molecule has 11 heteroatoms. The molecule has 1 saturated heterocycles. The Bertz CT molecular complexity index is 1850. The molecule has 1 aliphatic rings. The first kappa shape index (κ1) is 37.9. The van der Waals surface area contributed by atoms with Crippen molar-refractivity contribution in [3.05, 3.63) is 113 Å². The first-order valence-electron chi connectivity index (χ1n) is 17.6. The summed E-state index contributed by atoms with van der Waals surface area (Å²) in [5.41, 5.74) is 9.84. The van der Waals surface area contributed by atoms with Crippen molar-refractivity contribution >= 4 is 29.1 Å². The molecule has 0 saturated carbocycles. The lowest BCUT2D eigenvalue weighted by Gasteiger charge is -2.35. The number of aryl methyl sites for hydroxylation is 1. The molecule has 0 aromatic heterocycles. The van der Waals surface area contributed by atoms with Gasteiger partial charge in [0, 0.05) is 37.3 Å². The van der Waals surface area contributed by atoms with Crippen molar-refractivity contribution in [1.82, 2.24) is 9.80 Å². The van der Waals surface area contributed by atoms with Crippen molar-refractivity contribution in [2.75, 3.05) is 64.7 Å². The molecule has 4 aromatic rings. The molecule has 1 aliphatic heterocycles. The predicted molar refractivity (Wildman–Crippen MR) is 204 cm³/mol. The minimum Gasteiger partial charge on any atom is -0.495 e. The number of piperidine rings is 1. The lowest BCUT2D eigenvalue weighted by molar-refractivity contribution is 0.0663. The van der Waals surface area contributed by atoms with Crippen molar-refractivity contribution in [3.8, 4) is 17.2 Å². The van der Waals surface area contributed by atoms with Gasteiger partial charge in [-0.3, -0.25) is 14.4 Å². The van der Waals surface area contributed by atoms with Crippen LogP contribution in [0, 0.1) is 6.92 Å². The molecule has 1 heterocycles. The molecular formula is C41H49N5O6. The molecule has 1 fully saturated rings. The summed E-state index contributed by atoms with van der Waals surface area (Å²) >= 11 is 0. The van der Waals surface area contributed by atoms with E-state index in [0.29, 0.717) is 70.9 Å². The topological polar surface area (TPSA) is 127 Å². The van der Waals surface area contributed by atoms with Crippen LogP contribution in [0.4, 0.5) is 11.4 Å². The fraction of sp³-hybridized carbons (Fsp3) is 0.341. The lowest BCUT2D eigenvalue weighted by Crippen LogP contribution is -2.44. The Kier molecular flexibility index (Phi) is 12.9. The number of nitrogens with zero attached hydrogens (tertiary/aromatic N) is 3. The number of methoxy groups -OCH3 is 1. The quantitative estimate of drug-likeness (QED) is 0.153. The number of hydrogen-bond donors (Lipinski definition) is 2. The van der Waals surface area contributed by atoms with Gasteiger partial charge in [0.15, 0.2) is 0 Å². The van der Waals surface area contributed by atoms with Crippen LogP contribution in [0.25, 0.3) is 0 Å². The highest BCUT2D eigenvalue weighted by atomic mass is 16.5. The molecule has 0 radical (unpaired) electrons. The number of rotatable bonds is 14. The number of amides is 3. The molecule has 0 atom stereocenters. The highest BCUT2D eigenvalue weighted by Gasteiger charge is 2.25. The molecule has 274 valence electrons. The summed E-state index contributed by atoms with van der Waals surface area (Å²) in [5.74, 6) is 0.710. The Hall–Kier alpha value is -5.39. The van der Waals surface area contributed by atoms with Gasteiger partial charge in [0.05, 0.1) is 30.7 Å². The number of hydrogen-bond acceptors (Lipinski definition) is 8. The highest BCUT2D eigenvalue weighted by Crippen LogP contribution is 2.33. The first-order valence-corrected chi connectivity index (χ1v) is 17.6. The van der Waals surface area contributed by atoms with Crippen molar-refractivity contribution < 1.29 is 28.6 Å². The van der Waals surface area contributed by atoms with Crippen LogP contribution in [0.2, 0.25) is 0 Å². The second-order valence-corrected chi connectivity index (χ2v) is 13.2. The fourth-order valence-corrected chi connectivity index (χ4v) is 6.15. The van der Waals surface area contributed by atoms with E-state index in [9.17, 15) is 14.4 Å². The van der Waals surface area contributed by atoms with Crippen molar-refractivity contribution in [3.63, 3.8) is 0 Å². The van der Waals surface area contributed by atoms with Crippen molar-refractivity contribution in [1.29, 1.82) is 0 Å². The SMILES string of the molecule is COc1cc(C(=O)N(C)c2ccc(C)cc2OCc2ccc(C(=O)N3CCC(N(C)C)CC3)cc2)ccc1NC(=O)c1ccccc1OCCCN. The van der Waals surface area contributed by atoms with E-state index in [4.69, 9.17) is 19.9 Å². The third-order valence-electron chi connectivity index (χ3n) is 9.29. The smallest absolute Gasteiger partial charge is 0.259 e. The third-order valence-corrected chi connectivity index (χ3v) is 9.29. The maximum atomic E-state index is 13.8. The van der Waals surface area contributed by atoms with E-state index in [1.165, 1.54) is 12.0 Å². The second kappa shape index (κ2) is 17.7. The van der Waals surface area contributed by atoms with Crippen LogP contribution in [-0.4, -0.2) is 88.1 Å². The van der Waals surface area contributed by atoms with Crippen LogP contribution < -0.4 is 30.2 Å². The van der Waals surface area contributed by atoms with Gasteiger partial charge in [0.1, 0.15) is 23.9 Å². The minimum atomic E-state index is -0.374. The molecule has 5 rings (SSSR count). The monoisotopic (exact) mass is 707 g/mol. The van der Waals surface area contributed by atoms with E-state index in [0.717, 1.165) is 37.1 Å². The normalized spacial score (nSPS) is 13.1. The molecular weight excluding hydrogens is 658 g/mol. The zero-order valence-corrected chi connectivity index (χ0v) is 30.7. The zero-order chi connectivity index (χ0) is 37.2. The largest absolute Gasteiger partial charge is 0.495 e. The molecule has 0 spiro atoms. The van der Waals surface area contributed by atoms with E-state index < -0.39 is 0 Å². The maximum absolute atomic E-state index is 13.8. The summed E-state index contributed by atoms with van der Waals surface area (Å²) in [6.07, 6.45) is 2.61. The number of ether oxygens (including phenoxy) is 3. The molecule has 0 aliphatic carbocycles. The van der Waals surface area contributed by atoms with Crippen LogP contribution in [0.3, 0.4) is 0 Å². The van der Waals surface area contributed by atoms with Crippen LogP contribution in [0.15, 0.2) is 84.9 Å². The predicted octanol–water partition coefficient (Wildman–Crippen LogP) is 6.01. The van der Waals surface area contributed by atoms with E-state index >= 15 is 0 Å². The lowest BCUT2D eigenvalue weighted by atomic mass is 10.0. The van der Waals surface area contributed by atoms with Crippen LogP contribution in [-0.2, 0) is 6.61 Å². The Balaban J connectivity index is 1.24. The highest BCUT2D eigenvalue weighted by molar-refractivity contribution is 6.09. The Morgan fingerprint density at radius 3 is 2.25 bits per heavy atom. The number of anilines is 2. The summed E-state index contributed by atoms with van der Waals surface area (Å²) in [7, 11) is 7.34. The van der Waals surface area contributed by atoms with Gasteiger partial charge in [-0.05, 0) is 113 Å². The van der Waals surface area contributed by atoms with E-state index in [1.54, 1.807) is 49.5 Å². The molecule has 11 nitrogen and oxygen atoms in total. The van der Waals surface area contributed by atoms with Crippen molar-refractivity contribution in [2.45, 2.75) is 38.8 Å². The number of nitrogens with one attached hydrogen (secondary N) is 1. The van der Waals surface area contributed by atoms with Gasteiger partial charge < -0.3 is 40.0 Å². The maximum Gasteiger partial charge on any atom is 0.259 e. The van der Waals surface area contributed by atoms with E-state index in [1.807, 2.05) is 54.3 Å². The molecule has 4 aromatic carbocycles. The molecule has 0 unspecified atom stereocenters.